The van der Waals surface area contributed by atoms with Gasteiger partial charge in [-0.25, -0.2) is 19.4 Å². The minimum atomic E-state index is -4.99. The van der Waals surface area contributed by atoms with E-state index in [4.69, 9.17) is 9.47 Å². The van der Waals surface area contributed by atoms with Crippen LogP contribution in [-0.4, -0.2) is 93.8 Å². The average molecular weight is 757 g/mol. The topological polar surface area (TPSA) is 120 Å². The summed E-state index contributed by atoms with van der Waals surface area (Å²) in [6, 6.07) is 4.77. The van der Waals surface area contributed by atoms with Gasteiger partial charge in [-0.1, -0.05) is 6.07 Å². The lowest BCUT2D eigenvalue weighted by atomic mass is 9.72. The van der Waals surface area contributed by atoms with Gasteiger partial charge < -0.3 is 19.9 Å². The second-order valence-electron chi connectivity index (χ2n) is 12.9. The van der Waals surface area contributed by atoms with Gasteiger partial charge in [0.05, 0.1) is 48.3 Å². The van der Waals surface area contributed by atoms with Crippen LogP contribution in [0.1, 0.15) is 36.1 Å². The first-order valence-corrected chi connectivity index (χ1v) is 16.2. The van der Waals surface area contributed by atoms with Gasteiger partial charge >= 0.3 is 12.4 Å². The van der Waals surface area contributed by atoms with Crippen LogP contribution in [0.25, 0.3) is 11.3 Å². The van der Waals surface area contributed by atoms with E-state index >= 15 is 8.78 Å². The van der Waals surface area contributed by atoms with Crippen molar-refractivity contribution >= 4 is 17.5 Å². The molecule has 2 aromatic carbocycles. The summed E-state index contributed by atoms with van der Waals surface area (Å²) < 4.78 is 123. The number of aromatic nitrogens is 2. The zero-order valence-corrected chi connectivity index (χ0v) is 28.1. The highest BCUT2D eigenvalue weighted by Gasteiger charge is 2.55. The molecule has 1 saturated carbocycles. The fraction of sp³-hybridized carbons (Fsp3) is 0.412. The van der Waals surface area contributed by atoms with Gasteiger partial charge in [-0.15, -0.1) is 0 Å². The fourth-order valence-electron chi connectivity index (χ4n) is 6.25. The summed E-state index contributed by atoms with van der Waals surface area (Å²) in [6.45, 7) is 0.958. The van der Waals surface area contributed by atoms with Crippen molar-refractivity contribution < 1.29 is 59.3 Å². The van der Waals surface area contributed by atoms with Gasteiger partial charge in [-0.2, -0.15) is 30.7 Å². The van der Waals surface area contributed by atoms with Crippen molar-refractivity contribution in [3.8, 4) is 17.0 Å². The van der Waals surface area contributed by atoms with Crippen molar-refractivity contribution in [3.63, 3.8) is 0 Å². The van der Waals surface area contributed by atoms with Crippen LogP contribution in [0.15, 0.2) is 54.1 Å². The number of halogens is 8. The van der Waals surface area contributed by atoms with Crippen LogP contribution in [0.5, 0.6) is 5.75 Å². The van der Waals surface area contributed by atoms with Crippen LogP contribution >= 0.6 is 0 Å². The third kappa shape index (κ3) is 7.24. The lowest BCUT2D eigenvalue weighted by molar-refractivity contribution is -0.172. The number of nitrogens with zero attached hydrogens (tertiary/aromatic N) is 5. The second kappa shape index (κ2) is 14.2. The fourth-order valence-corrected chi connectivity index (χ4v) is 6.25. The monoisotopic (exact) mass is 756 g/mol. The van der Waals surface area contributed by atoms with Crippen LogP contribution in [0.3, 0.4) is 0 Å². The normalized spacial score (nSPS) is 18.0. The van der Waals surface area contributed by atoms with Crippen LogP contribution in [0.4, 0.5) is 40.8 Å². The Morgan fingerprint density at radius 3 is 2.38 bits per heavy atom. The summed E-state index contributed by atoms with van der Waals surface area (Å²) in [7, 11) is 3.25. The number of amides is 2. The summed E-state index contributed by atoms with van der Waals surface area (Å²) in [5.41, 5.74) is -6.95. The van der Waals surface area contributed by atoms with E-state index in [-0.39, 0.29) is 36.8 Å². The Bertz CT molecular complexity index is 1950. The van der Waals surface area contributed by atoms with Crippen LogP contribution in [0, 0.1) is 11.6 Å². The van der Waals surface area contributed by atoms with Gasteiger partial charge in [-0.3, -0.25) is 19.5 Å². The number of benzene rings is 2. The number of alkyl halides is 6. The number of carbonyl (C=O) groups excluding carboxylic acids is 2. The van der Waals surface area contributed by atoms with Gasteiger partial charge in [0.25, 0.3) is 11.8 Å². The Morgan fingerprint density at radius 1 is 1.06 bits per heavy atom. The maximum atomic E-state index is 15.4. The van der Waals surface area contributed by atoms with E-state index < -0.39 is 87.4 Å². The van der Waals surface area contributed by atoms with Crippen molar-refractivity contribution in [3.05, 3.63) is 82.5 Å². The molecule has 19 heteroatoms. The van der Waals surface area contributed by atoms with E-state index in [0.717, 1.165) is 11.1 Å². The van der Waals surface area contributed by atoms with Gasteiger partial charge in [0.2, 0.25) is 5.82 Å². The number of likely N-dealkylation sites (N-methyl/N-ethyl adjacent to an activating group) is 2. The molecule has 1 spiro atoms. The number of aliphatic hydroxyl groups is 1. The van der Waals surface area contributed by atoms with Gasteiger partial charge in [0.1, 0.15) is 30.0 Å². The Morgan fingerprint density at radius 2 is 1.77 bits per heavy atom. The van der Waals surface area contributed by atoms with E-state index in [1.165, 1.54) is 24.2 Å². The number of anilines is 1. The highest BCUT2D eigenvalue weighted by atomic mass is 19.4. The summed E-state index contributed by atoms with van der Waals surface area (Å²) in [6.07, 6.45) is -8.44. The third-order valence-electron chi connectivity index (χ3n) is 9.74. The summed E-state index contributed by atoms with van der Waals surface area (Å²) >= 11 is 0. The van der Waals surface area contributed by atoms with Crippen molar-refractivity contribution in [1.82, 2.24) is 24.9 Å². The molecule has 3 aliphatic rings. The first kappa shape index (κ1) is 37.9. The highest BCUT2D eigenvalue weighted by molar-refractivity contribution is 6.24. The predicted octanol–water partition coefficient (Wildman–Crippen LogP) is 5.73. The lowest BCUT2D eigenvalue weighted by Gasteiger charge is -2.54. The highest BCUT2D eigenvalue weighted by Crippen LogP contribution is 2.47. The number of ether oxygens (including phenoxy) is 2. The maximum absolute atomic E-state index is 15.4. The number of aliphatic hydroxyl groups excluding tert-OH is 1. The first-order valence-electron chi connectivity index (χ1n) is 16.2. The molecular weight excluding hydrogens is 724 g/mol. The molecule has 3 heterocycles. The number of rotatable bonds is 10. The Balaban J connectivity index is 1.28. The number of hydrogen-bond acceptors (Lipinski definition) is 9. The van der Waals surface area contributed by atoms with E-state index in [1.54, 1.807) is 0 Å². The molecule has 284 valence electrons. The van der Waals surface area contributed by atoms with Crippen molar-refractivity contribution in [2.24, 2.45) is 0 Å². The van der Waals surface area contributed by atoms with E-state index in [9.17, 15) is 41.0 Å². The number of hydrogen-bond donors (Lipinski definition) is 2. The lowest BCUT2D eigenvalue weighted by Crippen LogP contribution is -2.65. The molecule has 1 aliphatic carbocycles. The SMILES string of the molecule is CN(CCOc1ccc(CN2C(=O)C(C(=O)Nc3ccc(C(F)(F)F)cc3-c3cc(C(F)(F)F)ncn3)=C(O)C3(CCC3)N2C)c(F)c1F)C1COC1. The molecule has 2 fully saturated rings. The molecule has 6 rings (SSSR count). The van der Waals surface area contributed by atoms with E-state index in [2.05, 4.69) is 15.3 Å². The minimum absolute atomic E-state index is 0.0441. The maximum Gasteiger partial charge on any atom is 0.433 e. The molecule has 1 aromatic heterocycles. The van der Waals surface area contributed by atoms with Crippen molar-refractivity contribution in [2.45, 2.75) is 49.7 Å². The molecule has 1 saturated heterocycles. The van der Waals surface area contributed by atoms with E-state index in [0.29, 0.717) is 50.7 Å². The smallest absolute Gasteiger partial charge is 0.433 e. The van der Waals surface area contributed by atoms with Crippen LogP contribution in [-0.2, 0) is 33.2 Å². The van der Waals surface area contributed by atoms with Crippen molar-refractivity contribution in [2.75, 3.05) is 45.8 Å². The van der Waals surface area contributed by atoms with Crippen molar-refractivity contribution in [1.29, 1.82) is 0 Å². The summed E-state index contributed by atoms with van der Waals surface area (Å²) in [5, 5.41) is 15.8. The zero-order valence-electron chi connectivity index (χ0n) is 28.1. The van der Waals surface area contributed by atoms with Crippen LogP contribution in [0.2, 0.25) is 0 Å². The van der Waals surface area contributed by atoms with Gasteiger partial charge in [0, 0.05) is 24.7 Å². The molecule has 2 N–H and O–H groups in total. The molecule has 2 aliphatic heterocycles. The average Bonchev–Trinajstić information content (AvgIpc) is 3.04. The molecule has 0 radical (unpaired) electrons. The van der Waals surface area contributed by atoms with Gasteiger partial charge in [0.15, 0.2) is 11.6 Å². The largest absolute Gasteiger partial charge is 0.509 e. The zero-order chi connectivity index (χ0) is 38.5. The second-order valence-corrected chi connectivity index (χ2v) is 12.9. The molecule has 2 amide bonds. The predicted molar refractivity (Wildman–Crippen MR) is 170 cm³/mol. The first-order chi connectivity index (χ1) is 24.9. The summed E-state index contributed by atoms with van der Waals surface area (Å²) in [5.74, 6) is -6.17. The standard InChI is InChI=1S/C34H32F8N6O5/c1-46(20-15-52-16-20)10-11-53-24-7-4-18(27(35)28(24)36)14-48-31(51)26(29(49)32(47(48)2)8-3-9-32)30(50)45-22-6-5-19(33(37,38)39)12-21(22)23-13-25(34(40,41)42)44-17-43-23/h4-7,12-13,17,20,49H,3,8-11,14-16H2,1-2H3,(H,45,50). The van der Waals surface area contributed by atoms with E-state index in [1.807, 2.05) is 11.9 Å². The Kier molecular flexibility index (Phi) is 10.1. The minimum Gasteiger partial charge on any atom is -0.509 e. The molecule has 11 nitrogen and oxygen atoms in total. The van der Waals surface area contributed by atoms with Crippen LogP contribution < -0.4 is 10.1 Å². The van der Waals surface area contributed by atoms with Gasteiger partial charge in [-0.05, 0) is 56.6 Å². The number of carbonyl (C=O) groups is 2. The third-order valence-corrected chi connectivity index (χ3v) is 9.74. The molecular formula is C34H32F8N6O5. The number of nitrogens with one attached hydrogen (secondary N) is 1. The number of hydrazine groups is 1. The Hall–Kier alpha value is -4.88. The quantitative estimate of drug-likeness (QED) is 0.198. The Labute approximate surface area is 296 Å². The molecule has 0 atom stereocenters. The molecule has 53 heavy (non-hydrogen) atoms. The molecule has 3 aromatic rings. The molecule has 0 bridgehead atoms. The summed E-state index contributed by atoms with van der Waals surface area (Å²) in [4.78, 5) is 36.5. The molecule has 0 unspecified atom stereocenters.